The van der Waals surface area contributed by atoms with Gasteiger partial charge in [-0.3, -0.25) is 0 Å². The largest absolute Gasteiger partial charge is 0.208 e. The van der Waals surface area contributed by atoms with Crippen LogP contribution in [-0.2, 0) is 0 Å². The van der Waals surface area contributed by atoms with E-state index in [1.807, 2.05) is 97.1 Å². The highest BCUT2D eigenvalue weighted by Gasteiger charge is 2.19. The molecule has 8 aromatic carbocycles. The average molecular weight is 799 g/mol. The fourth-order valence-corrected chi connectivity index (χ4v) is 8.91. The van der Waals surface area contributed by atoms with Crippen LogP contribution in [0.1, 0.15) is 0 Å². The Balaban J connectivity index is 1.00. The molecule has 0 aliphatic rings. The summed E-state index contributed by atoms with van der Waals surface area (Å²) in [5.74, 6) is 3.75. The van der Waals surface area contributed by atoms with Crippen molar-refractivity contribution >= 4 is 31.5 Å². The highest BCUT2D eigenvalue weighted by Crippen LogP contribution is 2.41. The number of nitrogens with zero attached hydrogens (tertiary/aromatic N) is 6. The van der Waals surface area contributed by atoms with E-state index in [4.69, 9.17) is 29.9 Å². The van der Waals surface area contributed by atoms with Gasteiger partial charge in [0.15, 0.2) is 34.9 Å². The summed E-state index contributed by atoms with van der Waals surface area (Å²) in [6.45, 7) is 0. The number of hydrogen-bond donors (Lipinski definition) is 0. The van der Waals surface area contributed by atoms with Crippen LogP contribution in [0.15, 0.2) is 206 Å². The smallest absolute Gasteiger partial charge is 0.165 e. The van der Waals surface area contributed by atoms with Crippen LogP contribution in [0.5, 0.6) is 0 Å². The van der Waals surface area contributed by atoms with Gasteiger partial charge in [-0.1, -0.05) is 176 Å². The van der Waals surface area contributed by atoms with Crippen molar-refractivity contribution in [3.05, 3.63) is 206 Å². The van der Waals surface area contributed by atoms with Gasteiger partial charge in [0.1, 0.15) is 0 Å². The van der Waals surface area contributed by atoms with Crippen molar-refractivity contribution in [2.24, 2.45) is 0 Å². The predicted molar refractivity (Wildman–Crippen MR) is 250 cm³/mol. The normalized spacial score (nSPS) is 11.3. The number of rotatable bonds is 8. The SMILES string of the molecule is c1ccc(-c2cccc(-c3ccc(-c4nc(-c5ccccc5)nc(-c5cccc6c5sc5ccc(-c7nc(-c8ccccc8)nc(-c8ccccc8)n7)cc56)n4)cc3)c2)cc1. The summed E-state index contributed by atoms with van der Waals surface area (Å²) in [6, 6.07) is 70.7. The molecule has 0 aliphatic carbocycles. The van der Waals surface area contributed by atoms with Crippen molar-refractivity contribution in [2.75, 3.05) is 0 Å². The first-order chi connectivity index (χ1) is 30.2. The molecule has 0 radical (unpaired) electrons. The molecule has 0 N–H and O–H groups in total. The van der Waals surface area contributed by atoms with E-state index in [9.17, 15) is 0 Å². The maximum Gasteiger partial charge on any atom is 0.165 e. The molecule has 0 amide bonds. The lowest BCUT2D eigenvalue weighted by atomic mass is 9.98. The number of thiophene rings is 1. The molecule has 0 saturated heterocycles. The van der Waals surface area contributed by atoms with E-state index in [0.29, 0.717) is 34.9 Å². The van der Waals surface area contributed by atoms with Crippen molar-refractivity contribution in [3.63, 3.8) is 0 Å². The Kier molecular flexibility index (Phi) is 9.26. The lowest BCUT2D eigenvalue weighted by Gasteiger charge is -2.10. The summed E-state index contributed by atoms with van der Waals surface area (Å²) in [4.78, 5) is 30.3. The molecule has 7 heteroatoms. The zero-order valence-corrected chi connectivity index (χ0v) is 33.5. The number of fused-ring (bicyclic) bond motifs is 3. The summed E-state index contributed by atoms with van der Waals surface area (Å²) < 4.78 is 2.25. The second-order valence-corrected chi connectivity index (χ2v) is 15.8. The van der Waals surface area contributed by atoms with Gasteiger partial charge >= 0.3 is 0 Å². The molecular formula is C54H34N6S. The molecule has 0 saturated carbocycles. The summed E-state index contributed by atoms with van der Waals surface area (Å²) in [5, 5.41) is 2.23. The molecule has 61 heavy (non-hydrogen) atoms. The molecule has 286 valence electrons. The van der Waals surface area contributed by atoms with Crippen molar-refractivity contribution in [2.45, 2.75) is 0 Å². The van der Waals surface area contributed by atoms with Gasteiger partial charge < -0.3 is 0 Å². The first-order valence-corrected chi connectivity index (χ1v) is 20.9. The molecule has 0 aliphatic heterocycles. The van der Waals surface area contributed by atoms with E-state index in [0.717, 1.165) is 64.7 Å². The van der Waals surface area contributed by atoms with Crippen LogP contribution in [0.3, 0.4) is 0 Å². The maximum atomic E-state index is 5.18. The predicted octanol–water partition coefficient (Wildman–Crippen LogP) is 13.8. The number of hydrogen-bond acceptors (Lipinski definition) is 7. The Morgan fingerprint density at radius 1 is 0.246 bits per heavy atom. The summed E-state index contributed by atoms with van der Waals surface area (Å²) in [6.07, 6.45) is 0. The van der Waals surface area contributed by atoms with Gasteiger partial charge in [-0.05, 0) is 52.6 Å². The van der Waals surface area contributed by atoms with Crippen LogP contribution in [0.4, 0.5) is 0 Å². The van der Waals surface area contributed by atoms with Crippen LogP contribution in [0.2, 0.25) is 0 Å². The molecule has 0 spiro atoms. The van der Waals surface area contributed by atoms with E-state index in [-0.39, 0.29) is 0 Å². The van der Waals surface area contributed by atoms with E-state index in [1.165, 1.54) is 11.1 Å². The lowest BCUT2D eigenvalue weighted by Crippen LogP contribution is -2.00. The Morgan fingerprint density at radius 3 is 1.15 bits per heavy atom. The fraction of sp³-hybridized carbons (Fsp3) is 0. The van der Waals surface area contributed by atoms with Crippen molar-refractivity contribution in [1.82, 2.24) is 29.9 Å². The summed E-state index contributed by atoms with van der Waals surface area (Å²) >= 11 is 1.74. The average Bonchev–Trinajstić information content (AvgIpc) is 3.73. The van der Waals surface area contributed by atoms with Gasteiger partial charge in [0.2, 0.25) is 0 Å². The van der Waals surface area contributed by atoms with E-state index in [1.54, 1.807) is 11.3 Å². The van der Waals surface area contributed by atoms with Gasteiger partial charge in [0, 0.05) is 53.6 Å². The van der Waals surface area contributed by atoms with Gasteiger partial charge in [0.05, 0.1) is 0 Å². The first kappa shape index (κ1) is 36.1. The third-order valence-electron chi connectivity index (χ3n) is 10.8. The minimum absolute atomic E-state index is 0.618. The van der Waals surface area contributed by atoms with E-state index < -0.39 is 0 Å². The quantitative estimate of drug-likeness (QED) is 0.152. The Hall–Kier alpha value is -8.00. The topological polar surface area (TPSA) is 77.3 Å². The highest BCUT2D eigenvalue weighted by molar-refractivity contribution is 7.26. The van der Waals surface area contributed by atoms with Crippen molar-refractivity contribution < 1.29 is 0 Å². The van der Waals surface area contributed by atoms with Crippen molar-refractivity contribution in [1.29, 1.82) is 0 Å². The highest BCUT2D eigenvalue weighted by atomic mass is 32.1. The monoisotopic (exact) mass is 798 g/mol. The molecule has 11 rings (SSSR count). The van der Waals surface area contributed by atoms with E-state index in [2.05, 4.69) is 109 Å². The minimum atomic E-state index is 0.618. The van der Waals surface area contributed by atoms with Gasteiger partial charge in [-0.25, -0.2) is 29.9 Å². The van der Waals surface area contributed by atoms with Gasteiger partial charge in [-0.2, -0.15) is 0 Å². The zero-order valence-electron chi connectivity index (χ0n) is 32.7. The second kappa shape index (κ2) is 15.6. The molecule has 0 bridgehead atoms. The molecule has 0 unspecified atom stereocenters. The summed E-state index contributed by atoms with van der Waals surface area (Å²) in [7, 11) is 0. The molecule has 0 atom stereocenters. The number of benzene rings is 8. The lowest BCUT2D eigenvalue weighted by molar-refractivity contribution is 1.07. The second-order valence-electron chi connectivity index (χ2n) is 14.7. The fourth-order valence-electron chi connectivity index (χ4n) is 7.71. The third kappa shape index (κ3) is 7.13. The van der Waals surface area contributed by atoms with Crippen molar-refractivity contribution in [3.8, 4) is 90.6 Å². The molecule has 11 aromatic rings. The van der Waals surface area contributed by atoms with Crippen LogP contribution < -0.4 is 0 Å². The molecule has 3 aromatic heterocycles. The van der Waals surface area contributed by atoms with Crippen LogP contribution in [-0.4, -0.2) is 29.9 Å². The van der Waals surface area contributed by atoms with E-state index >= 15 is 0 Å². The van der Waals surface area contributed by atoms with Gasteiger partial charge in [-0.15, -0.1) is 11.3 Å². The van der Waals surface area contributed by atoms with Gasteiger partial charge in [0.25, 0.3) is 0 Å². The molecule has 3 heterocycles. The maximum absolute atomic E-state index is 5.18. The Bertz CT molecular complexity index is 3280. The Morgan fingerprint density at radius 2 is 0.623 bits per heavy atom. The molecule has 6 nitrogen and oxygen atoms in total. The van der Waals surface area contributed by atoms with Crippen LogP contribution >= 0.6 is 11.3 Å². The Labute approximate surface area is 356 Å². The first-order valence-electron chi connectivity index (χ1n) is 20.1. The molecular weight excluding hydrogens is 765 g/mol. The summed E-state index contributed by atoms with van der Waals surface area (Å²) in [5.41, 5.74) is 10.2. The van der Waals surface area contributed by atoms with Crippen LogP contribution in [0, 0.1) is 0 Å². The zero-order chi connectivity index (χ0) is 40.5. The third-order valence-corrected chi connectivity index (χ3v) is 12.0. The van der Waals surface area contributed by atoms with Crippen LogP contribution in [0.25, 0.3) is 111 Å². The minimum Gasteiger partial charge on any atom is -0.208 e. The standard InChI is InChI=1S/C54H34N6S/c1-5-15-35(16-6-1)41-23-13-24-42(33-41)36-27-29-40(30-28-36)52-56-51(39-21-11-4-12-22-39)59-54(60-52)45-26-14-25-44-46-34-43(31-32-47(46)61-48(44)45)53-57-49(37-17-7-2-8-18-37)55-50(58-53)38-19-9-3-10-20-38/h1-34H. The molecule has 0 fully saturated rings. The number of aromatic nitrogens is 6.